The number of halogens is 2. The molecule has 0 aliphatic carbocycles. The van der Waals surface area contributed by atoms with Gasteiger partial charge in [0.15, 0.2) is 0 Å². The van der Waals surface area contributed by atoms with Gasteiger partial charge in [0, 0.05) is 31.6 Å². The molecule has 0 saturated carbocycles. The van der Waals surface area contributed by atoms with E-state index in [-0.39, 0.29) is 28.4 Å². The van der Waals surface area contributed by atoms with E-state index in [2.05, 4.69) is 9.97 Å². The van der Waals surface area contributed by atoms with Gasteiger partial charge in [0.05, 0.1) is 10.4 Å². The molecule has 1 aromatic carbocycles. The van der Waals surface area contributed by atoms with Crippen LogP contribution in [0.25, 0.3) is 21.0 Å². The fourth-order valence-corrected chi connectivity index (χ4v) is 4.39. The largest absolute Gasteiger partial charge is 0.358 e. The van der Waals surface area contributed by atoms with E-state index in [1.165, 1.54) is 23.1 Å². The molecule has 8 heteroatoms. The van der Waals surface area contributed by atoms with Gasteiger partial charge in [-0.15, -0.1) is 11.3 Å². The molecule has 4 rings (SSSR count). The van der Waals surface area contributed by atoms with E-state index in [0.29, 0.717) is 17.0 Å². The fraction of sp³-hybridized carbons (Fsp3) is 0.286. The maximum absolute atomic E-state index is 14.3. The zero-order valence-corrected chi connectivity index (χ0v) is 16.6. The lowest BCUT2D eigenvalue weighted by Gasteiger charge is -2.30. The van der Waals surface area contributed by atoms with Crippen molar-refractivity contribution in [3.8, 4) is 21.0 Å². The number of carbonyl (C=O) groups excluding carboxylic acids is 1. The van der Waals surface area contributed by atoms with Crippen LogP contribution in [0.15, 0.2) is 42.7 Å². The van der Waals surface area contributed by atoms with Gasteiger partial charge < -0.3 is 9.64 Å². The van der Waals surface area contributed by atoms with Crippen LogP contribution in [0, 0.1) is 11.6 Å². The third kappa shape index (κ3) is 3.90. The molecule has 0 bridgehead atoms. The smallest absolute Gasteiger partial charge is 0.275 e. The second kappa shape index (κ2) is 8.34. The zero-order valence-electron chi connectivity index (χ0n) is 15.8. The van der Waals surface area contributed by atoms with Gasteiger partial charge in [0.1, 0.15) is 28.6 Å². The topological polar surface area (TPSA) is 55.3 Å². The maximum Gasteiger partial charge on any atom is 0.275 e. The molecule has 0 spiro atoms. The Labute approximate surface area is 171 Å². The minimum atomic E-state index is -0.723. The van der Waals surface area contributed by atoms with E-state index < -0.39 is 11.6 Å². The van der Waals surface area contributed by atoms with Crippen molar-refractivity contribution in [2.75, 3.05) is 13.7 Å². The quantitative estimate of drug-likeness (QED) is 0.617. The summed E-state index contributed by atoms with van der Waals surface area (Å²) in [6.07, 6.45) is 5.55. The number of hydrogen-bond donors (Lipinski definition) is 0. The van der Waals surface area contributed by atoms with Crippen molar-refractivity contribution in [3.63, 3.8) is 0 Å². The van der Waals surface area contributed by atoms with Crippen molar-refractivity contribution in [2.24, 2.45) is 0 Å². The van der Waals surface area contributed by atoms with Gasteiger partial charge in [-0.1, -0.05) is 12.1 Å². The third-order valence-electron chi connectivity index (χ3n) is 4.84. The number of aromatic nitrogens is 2. The van der Waals surface area contributed by atoms with Crippen LogP contribution in [0.4, 0.5) is 8.78 Å². The second-order valence-electron chi connectivity index (χ2n) is 6.77. The average molecular weight is 415 g/mol. The number of thiazole rings is 1. The fourth-order valence-electron chi connectivity index (χ4n) is 3.29. The second-order valence-corrected chi connectivity index (χ2v) is 7.77. The molecule has 1 aliphatic heterocycles. The maximum atomic E-state index is 14.3. The Hall–Kier alpha value is -2.71. The number of amides is 1. The predicted molar refractivity (Wildman–Crippen MR) is 106 cm³/mol. The highest BCUT2D eigenvalue weighted by molar-refractivity contribution is 7.18. The summed E-state index contributed by atoms with van der Waals surface area (Å²) in [5.74, 6) is -1.80. The predicted octanol–water partition coefficient (Wildman–Crippen LogP) is 4.75. The van der Waals surface area contributed by atoms with Gasteiger partial charge in [0.2, 0.25) is 0 Å². The molecule has 5 nitrogen and oxygen atoms in total. The molecule has 29 heavy (non-hydrogen) atoms. The average Bonchev–Trinajstić information content (AvgIpc) is 3.19. The van der Waals surface area contributed by atoms with Crippen molar-refractivity contribution in [1.29, 1.82) is 0 Å². The van der Waals surface area contributed by atoms with Crippen LogP contribution in [-0.2, 0) is 4.74 Å². The first-order chi connectivity index (χ1) is 14.1. The van der Waals surface area contributed by atoms with Gasteiger partial charge in [0.25, 0.3) is 5.91 Å². The molecule has 3 aromatic rings. The lowest BCUT2D eigenvalue weighted by Crippen LogP contribution is -2.41. The van der Waals surface area contributed by atoms with Gasteiger partial charge in [-0.25, -0.2) is 13.8 Å². The number of rotatable bonds is 4. The molecule has 1 fully saturated rings. The van der Waals surface area contributed by atoms with Crippen molar-refractivity contribution < 1.29 is 18.3 Å². The lowest BCUT2D eigenvalue weighted by molar-refractivity contribution is -0.0615. The molecular formula is C21H19F2N3O2S. The summed E-state index contributed by atoms with van der Waals surface area (Å²) in [6, 6.07) is 7.17. The number of nitrogens with zero attached hydrogens (tertiary/aromatic N) is 3. The summed E-state index contributed by atoms with van der Waals surface area (Å²) in [6.45, 7) is 0.598. The monoisotopic (exact) mass is 415 g/mol. The van der Waals surface area contributed by atoms with Crippen LogP contribution in [-0.4, -0.2) is 40.7 Å². The summed E-state index contributed by atoms with van der Waals surface area (Å²) >= 11 is 1.07. The molecule has 1 amide bonds. The van der Waals surface area contributed by atoms with E-state index >= 15 is 0 Å². The minimum Gasteiger partial charge on any atom is -0.358 e. The van der Waals surface area contributed by atoms with Crippen LogP contribution in [0.2, 0.25) is 0 Å². The van der Waals surface area contributed by atoms with E-state index in [9.17, 15) is 13.6 Å². The first kappa shape index (κ1) is 19.6. The number of benzene rings is 1. The van der Waals surface area contributed by atoms with Gasteiger partial charge >= 0.3 is 0 Å². The van der Waals surface area contributed by atoms with Crippen LogP contribution in [0.1, 0.15) is 29.8 Å². The van der Waals surface area contributed by atoms with Crippen molar-refractivity contribution >= 4 is 17.2 Å². The van der Waals surface area contributed by atoms with E-state index in [4.69, 9.17) is 4.74 Å². The summed E-state index contributed by atoms with van der Waals surface area (Å²) in [7, 11) is 1.66. The van der Waals surface area contributed by atoms with E-state index in [1.54, 1.807) is 31.6 Å². The highest BCUT2D eigenvalue weighted by Crippen LogP contribution is 2.38. The molecular weight excluding hydrogens is 396 g/mol. The Morgan fingerprint density at radius 1 is 1.21 bits per heavy atom. The Morgan fingerprint density at radius 2 is 2.00 bits per heavy atom. The van der Waals surface area contributed by atoms with Crippen molar-refractivity contribution in [1.82, 2.24) is 14.9 Å². The van der Waals surface area contributed by atoms with Crippen LogP contribution in [0.5, 0.6) is 0 Å². The molecule has 1 aliphatic rings. The van der Waals surface area contributed by atoms with Crippen molar-refractivity contribution in [2.45, 2.75) is 25.5 Å². The van der Waals surface area contributed by atoms with E-state index in [1.807, 2.05) is 0 Å². The summed E-state index contributed by atoms with van der Waals surface area (Å²) in [4.78, 5) is 23.7. The minimum absolute atomic E-state index is 0.112. The molecule has 2 aromatic heterocycles. The first-order valence-corrected chi connectivity index (χ1v) is 10.1. The summed E-state index contributed by atoms with van der Waals surface area (Å²) < 4.78 is 34.4. The van der Waals surface area contributed by atoms with Gasteiger partial charge in [-0.3, -0.25) is 9.78 Å². The normalized spacial score (nSPS) is 16.6. The molecule has 1 saturated heterocycles. The standard InChI is InChI=1S/C21H19F2N3O2S/c1-26(16-9-2-3-11-28-16)21(27)18-19(13-6-5-10-24-12-13)29-20(25-18)17-14(22)7-4-8-15(17)23/h4-8,10,12,16H,2-3,9,11H2,1H3. The SMILES string of the molecule is CN(C(=O)c1nc(-c2c(F)cccc2F)sc1-c1cccnc1)C1CCCCO1. The summed E-state index contributed by atoms with van der Waals surface area (Å²) in [5, 5.41) is 0.112. The molecule has 3 heterocycles. The van der Waals surface area contributed by atoms with Crippen molar-refractivity contribution in [3.05, 3.63) is 60.1 Å². The van der Waals surface area contributed by atoms with Gasteiger partial charge in [-0.05, 0) is 37.5 Å². The Balaban J connectivity index is 1.79. The van der Waals surface area contributed by atoms with Crippen LogP contribution < -0.4 is 0 Å². The molecule has 1 unspecified atom stereocenters. The number of ether oxygens (including phenoxy) is 1. The number of pyridine rings is 1. The Morgan fingerprint density at radius 3 is 2.66 bits per heavy atom. The van der Waals surface area contributed by atoms with Crippen LogP contribution >= 0.6 is 11.3 Å². The molecule has 0 N–H and O–H groups in total. The van der Waals surface area contributed by atoms with Gasteiger partial charge in [-0.2, -0.15) is 0 Å². The highest BCUT2D eigenvalue weighted by atomic mass is 32.1. The van der Waals surface area contributed by atoms with E-state index in [0.717, 1.165) is 30.6 Å². The molecule has 0 radical (unpaired) electrons. The summed E-state index contributed by atoms with van der Waals surface area (Å²) in [5.41, 5.74) is 0.560. The zero-order chi connectivity index (χ0) is 20.4. The Kier molecular flexibility index (Phi) is 5.64. The number of hydrogen-bond acceptors (Lipinski definition) is 5. The number of carbonyl (C=O) groups is 1. The lowest BCUT2D eigenvalue weighted by atomic mass is 10.1. The highest BCUT2D eigenvalue weighted by Gasteiger charge is 2.29. The first-order valence-electron chi connectivity index (χ1n) is 9.30. The molecule has 1 atom stereocenters. The third-order valence-corrected chi connectivity index (χ3v) is 5.96. The van der Waals surface area contributed by atoms with Crippen LogP contribution in [0.3, 0.4) is 0 Å². The Bertz CT molecular complexity index is 1000. The molecule has 150 valence electrons.